The normalized spacial score (nSPS) is 16.6. The van der Waals surface area contributed by atoms with Crippen LogP contribution in [0.5, 0.6) is 0 Å². The van der Waals surface area contributed by atoms with Crippen molar-refractivity contribution in [1.29, 1.82) is 0 Å². The average Bonchev–Trinajstić information content (AvgIpc) is 2.38. The molecule has 1 aliphatic rings. The molecule has 104 valence electrons. The largest absolute Gasteiger partial charge is 0.416 e. The van der Waals surface area contributed by atoms with Crippen LogP contribution in [0.4, 0.5) is 18.9 Å². The van der Waals surface area contributed by atoms with E-state index in [1.807, 2.05) is 6.92 Å². The number of nitrogens with zero attached hydrogens (tertiary/aromatic N) is 2. The minimum Gasteiger partial charge on any atom is -0.372 e. The van der Waals surface area contributed by atoms with Gasteiger partial charge in [-0.2, -0.15) is 13.2 Å². The van der Waals surface area contributed by atoms with Gasteiger partial charge < -0.3 is 9.80 Å². The molecule has 0 unspecified atom stereocenters. The Morgan fingerprint density at radius 3 is 2.00 bits per heavy atom. The third-order valence-corrected chi connectivity index (χ3v) is 3.38. The molecule has 2 rings (SSSR count). The van der Waals surface area contributed by atoms with Crippen molar-refractivity contribution in [1.82, 2.24) is 4.90 Å². The van der Waals surface area contributed by atoms with Gasteiger partial charge in [0.1, 0.15) is 0 Å². The lowest BCUT2D eigenvalue weighted by molar-refractivity contribution is -0.137. The fraction of sp³-hybridized carbons (Fsp3) is 0.429. The highest BCUT2D eigenvalue weighted by molar-refractivity contribution is 5.48. The molecule has 0 aromatic heterocycles. The second-order valence-corrected chi connectivity index (χ2v) is 4.75. The Balaban J connectivity index is 2.02. The molecule has 0 saturated carbocycles. The van der Waals surface area contributed by atoms with Crippen LogP contribution < -0.4 is 4.90 Å². The predicted octanol–water partition coefficient (Wildman–Crippen LogP) is 3.36. The van der Waals surface area contributed by atoms with Crippen molar-refractivity contribution >= 4 is 5.69 Å². The molecule has 0 N–H and O–H groups in total. The van der Waals surface area contributed by atoms with Gasteiger partial charge in [0.2, 0.25) is 0 Å². The molecule has 1 aliphatic heterocycles. The Hall–Kier alpha value is -1.65. The fourth-order valence-electron chi connectivity index (χ4n) is 2.21. The maximum atomic E-state index is 12.5. The van der Waals surface area contributed by atoms with E-state index in [9.17, 15) is 13.2 Å². The van der Waals surface area contributed by atoms with E-state index in [1.54, 1.807) is 12.1 Å². The van der Waals surface area contributed by atoms with E-state index in [0.717, 1.165) is 49.7 Å². The summed E-state index contributed by atoms with van der Waals surface area (Å²) in [7, 11) is 0. The fourth-order valence-corrected chi connectivity index (χ4v) is 2.21. The van der Waals surface area contributed by atoms with Gasteiger partial charge in [-0.1, -0.05) is 6.58 Å². The number of halogens is 3. The summed E-state index contributed by atoms with van der Waals surface area (Å²) in [5.74, 6) is 0. The van der Waals surface area contributed by atoms with Gasteiger partial charge in [-0.15, -0.1) is 0 Å². The summed E-state index contributed by atoms with van der Waals surface area (Å²) in [4.78, 5) is 4.28. The molecule has 1 aromatic carbocycles. The molecule has 0 amide bonds. The maximum absolute atomic E-state index is 12.5. The van der Waals surface area contributed by atoms with Crippen molar-refractivity contribution in [2.45, 2.75) is 13.1 Å². The number of piperazine rings is 1. The summed E-state index contributed by atoms with van der Waals surface area (Å²) in [5.41, 5.74) is 1.28. The number of allylic oxidation sites excluding steroid dienone is 1. The monoisotopic (exact) mass is 270 g/mol. The first-order valence-corrected chi connectivity index (χ1v) is 6.20. The van der Waals surface area contributed by atoms with E-state index in [-0.39, 0.29) is 0 Å². The van der Waals surface area contributed by atoms with Gasteiger partial charge in [0.15, 0.2) is 0 Å². The molecule has 19 heavy (non-hydrogen) atoms. The number of hydrogen-bond acceptors (Lipinski definition) is 2. The lowest BCUT2D eigenvalue weighted by Gasteiger charge is -2.37. The first-order valence-electron chi connectivity index (χ1n) is 6.20. The van der Waals surface area contributed by atoms with E-state index in [2.05, 4.69) is 16.4 Å². The summed E-state index contributed by atoms with van der Waals surface area (Å²) < 4.78 is 37.4. The highest BCUT2D eigenvalue weighted by Crippen LogP contribution is 2.30. The van der Waals surface area contributed by atoms with E-state index in [1.165, 1.54) is 0 Å². The zero-order chi connectivity index (χ0) is 14.0. The van der Waals surface area contributed by atoms with Crippen LogP contribution in [0.2, 0.25) is 0 Å². The number of benzene rings is 1. The van der Waals surface area contributed by atoms with Crippen LogP contribution in [-0.2, 0) is 6.18 Å². The highest BCUT2D eigenvalue weighted by Gasteiger charge is 2.30. The van der Waals surface area contributed by atoms with Gasteiger partial charge >= 0.3 is 6.18 Å². The second-order valence-electron chi connectivity index (χ2n) is 4.75. The standard InChI is InChI=1S/C14H17F3N2/c1-11(2)18-7-9-19(10-8-18)13-5-3-12(4-6-13)14(15,16)17/h3-6H,1,7-10H2,2H3. The zero-order valence-electron chi connectivity index (χ0n) is 10.9. The molecule has 5 heteroatoms. The van der Waals surface area contributed by atoms with Crippen LogP contribution in [0.25, 0.3) is 0 Å². The van der Waals surface area contributed by atoms with Crippen LogP contribution >= 0.6 is 0 Å². The molecule has 0 spiro atoms. The van der Waals surface area contributed by atoms with Gasteiger partial charge in [-0.05, 0) is 31.2 Å². The number of hydrogen-bond donors (Lipinski definition) is 0. The molecule has 0 bridgehead atoms. The summed E-state index contributed by atoms with van der Waals surface area (Å²) in [6, 6.07) is 5.36. The predicted molar refractivity (Wildman–Crippen MR) is 70.0 cm³/mol. The Kier molecular flexibility index (Phi) is 3.73. The second kappa shape index (κ2) is 5.15. The Labute approximate surface area is 111 Å². The van der Waals surface area contributed by atoms with Crippen molar-refractivity contribution in [3.05, 3.63) is 42.1 Å². The summed E-state index contributed by atoms with van der Waals surface area (Å²) in [5, 5.41) is 0. The van der Waals surface area contributed by atoms with E-state index < -0.39 is 11.7 Å². The molecule has 0 radical (unpaired) electrons. The van der Waals surface area contributed by atoms with Crippen LogP contribution in [0, 0.1) is 0 Å². The molecule has 1 saturated heterocycles. The first-order chi connectivity index (χ1) is 8.88. The minimum atomic E-state index is -4.27. The number of anilines is 1. The molecule has 0 atom stereocenters. The molecule has 1 aromatic rings. The minimum absolute atomic E-state index is 0.600. The van der Waals surface area contributed by atoms with Gasteiger partial charge in [0, 0.05) is 37.6 Å². The summed E-state index contributed by atoms with van der Waals surface area (Å²) in [6.07, 6.45) is -4.27. The third-order valence-electron chi connectivity index (χ3n) is 3.38. The third kappa shape index (κ3) is 3.22. The van der Waals surface area contributed by atoms with Gasteiger partial charge in [-0.3, -0.25) is 0 Å². The van der Waals surface area contributed by atoms with Crippen molar-refractivity contribution in [2.24, 2.45) is 0 Å². The molecular formula is C14H17F3N2. The lowest BCUT2D eigenvalue weighted by Crippen LogP contribution is -2.45. The summed E-state index contributed by atoms with van der Waals surface area (Å²) >= 11 is 0. The molecule has 1 fully saturated rings. The molecular weight excluding hydrogens is 253 g/mol. The quantitative estimate of drug-likeness (QED) is 0.813. The smallest absolute Gasteiger partial charge is 0.372 e. The average molecular weight is 270 g/mol. The molecule has 0 aliphatic carbocycles. The Morgan fingerprint density at radius 1 is 1.05 bits per heavy atom. The van der Waals surface area contributed by atoms with Crippen LogP contribution in [0.15, 0.2) is 36.5 Å². The van der Waals surface area contributed by atoms with Gasteiger partial charge in [0.25, 0.3) is 0 Å². The van der Waals surface area contributed by atoms with Crippen LogP contribution in [-0.4, -0.2) is 31.1 Å². The topological polar surface area (TPSA) is 6.48 Å². The van der Waals surface area contributed by atoms with Gasteiger partial charge in [0.05, 0.1) is 5.56 Å². The SMILES string of the molecule is C=C(C)N1CCN(c2ccc(C(F)(F)F)cc2)CC1. The van der Waals surface area contributed by atoms with Crippen LogP contribution in [0.1, 0.15) is 12.5 Å². The van der Waals surface area contributed by atoms with E-state index in [4.69, 9.17) is 0 Å². The van der Waals surface area contributed by atoms with E-state index >= 15 is 0 Å². The van der Waals surface area contributed by atoms with Crippen molar-refractivity contribution in [3.8, 4) is 0 Å². The first kappa shape index (κ1) is 13.8. The lowest BCUT2D eigenvalue weighted by atomic mass is 10.1. The summed E-state index contributed by atoms with van der Waals surface area (Å²) in [6.45, 7) is 9.19. The number of rotatable bonds is 2. The van der Waals surface area contributed by atoms with Crippen LogP contribution in [0.3, 0.4) is 0 Å². The zero-order valence-corrected chi connectivity index (χ0v) is 10.9. The highest BCUT2D eigenvalue weighted by atomic mass is 19.4. The van der Waals surface area contributed by atoms with E-state index in [0.29, 0.717) is 0 Å². The Morgan fingerprint density at radius 2 is 1.58 bits per heavy atom. The van der Waals surface area contributed by atoms with Crippen molar-refractivity contribution in [3.63, 3.8) is 0 Å². The Bertz CT molecular complexity index is 443. The van der Waals surface area contributed by atoms with Crippen molar-refractivity contribution < 1.29 is 13.2 Å². The van der Waals surface area contributed by atoms with Crippen molar-refractivity contribution in [2.75, 3.05) is 31.1 Å². The molecule has 2 nitrogen and oxygen atoms in total. The molecule has 1 heterocycles. The maximum Gasteiger partial charge on any atom is 0.416 e. The number of alkyl halides is 3. The van der Waals surface area contributed by atoms with Gasteiger partial charge in [-0.25, -0.2) is 0 Å².